The van der Waals surface area contributed by atoms with Crippen LogP contribution in [0.1, 0.15) is 24.8 Å². The van der Waals surface area contributed by atoms with E-state index in [1.54, 1.807) is 0 Å². The Labute approximate surface area is 91.2 Å². The largest absolute Gasteiger partial charge is 0.399 e. The second-order valence-electron chi connectivity index (χ2n) is 4.16. The summed E-state index contributed by atoms with van der Waals surface area (Å²) in [5, 5.41) is 2.24. The van der Waals surface area contributed by atoms with Gasteiger partial charge in [0.05, 0.1) is 5.69 Å². The molecule has 82 valence electrons. The van der Waals surface area contributed by atoms with Gasteiger partial charge in [-0.05, 0) is 43.5 Å². The van der Waals surface area contributed by atoms with Crippen molar-refractivity contribution in [2.45, 2.75) is 26.2 Å². The Morgan fingerprint density at radius 2 is 2.13 bits per heavy atom. The monoisotopic (exact) mass is 205 g/mol. The number of nitrogen functional groups attached to an aromatic ring is 1. The van der Waals surface area contributed by atoms with E-state index in [2.05, 4.69) is 29.5 Å². The number of anilines is 2. The smallest absolute Gasteiger partial charge is 0.0523 e. The zero-order chi connectivity index (χ0) is 10.7. The lowest BCUT2D eigenvalue weighted by atomic mass is 10.2. The van der Waals surface area contributed by atoms with Crippen molar-refractivity contribution < 1.29 is 0 Å². The number of aryl methyl sites for hydroxylation is 1. The van der Waals surface area contributed by atoms with Crippen LogP contribution in [0, 0.1) is 6.92 Å². The van der Waals surface area contributed by atoms with E-state index in [1.165, 1.54) is 24.9 Å². The van der Waals surface area contributed by atoms with Crippen molar-refractivity contribution >= 4 is 11.4 Å². The Morgan fingerprint density at radius 3 is 2.93 bits per heavy atom. The molecule has 1 aliphatic rings. The molecule has 0 amide bonds. The summed E-state index contributed by atoms with van der Waals surface area (Å²) < 4.78 is 0. The SMILES string of the molecule is Cc1cc(N2CCCCCN2)ccc1N. The molecule has 0 bridgehead atoms. The number of nitrogens with zero attached hydrogens (tertiary/aromatic N) is 1. The molecule has 0 unspecified atom stereocenters. The van der Waals surface area contributed by atoms with E-state index in [1.807, 2.05) is 6.07 Å². The van der Waals surface area contributed by atoms with Gasteiger partial charge in [0.1, 0.15) is 0 Å². The van der Waals surface area contributed by atoms with E-state index in [-0.39, 0.29) is 0 Å². The lowest BCUT2D eigenvalue weighted by Crippen LogP contribution is -2.37. The molecule has 1 heterocycles. The topological polar surface area (TPSA) is 41.3 Å². The molecule has 1 saturated heterocycles. The molecule has 15 heavy (non-hydrogen) atoms. The number of nitrogens with two attached hydrogens (primary N) is 1. The van der Waals surface area contributed by atoms with Crippen molar-refractivity contribution in [2.24, 2.45) is 0 Å². The van der Waals surface area contributed by atoms with Gasteiger partial charge in [-0.2, -0.15) is 0 Å². The van der Waals surface area contributed by atoms with Gasteiger partial charge in [0.25, 0.3) is 0 Å². The third-order valence-corrected chi connectivity index (χ3v) is 2.93. The molecule has 0 spiro atoms. The molecule has 3 nitrogen and oxygen atoms in total. The van der Waals surface area contributed by atoms with Crippen LogP contribution in [0.15, 0.2) is 18.2 Å². The summed E-state index contributed by atoms with van der Waals surface area (Å²) in [6.07, 6.45) is 3.85. The van der Waals surface area contributed by atoms with Crippen LogP contribution in [0.4, 0.5) is 11.4 Å². The molecule has 1 aromatic rings. The molecule has 2 rings (SSSR count). The summed E-state index contributed by atoms with van der Waals surface area (Å²) in [6.45, 7) is 4.21. The Balaban J connectivity index is 2.16. The minimum Gasteiger partial charge on any atom is -0.399 e. The van der Waals surface area contributed by atoms with Gasteiger partial charge in [-0.3, -0.25) is 0 Å². The number of hydrogen-bond acceptors (Lipinski definition) is 3. The number of benzene rings is 1. The zero-order valence-corrected chi connectivity index (χ0v) is 9.29. The summed E-state index contributed by atoms with van der Waals surface area (Å²) in [7, 11) is 0. The molecule has 0 atom stereocenters. The maximum Gasteiger partial charge on any atom is 0.0523 e. The molecule has 1 aromatic carbocycles. The molecule has 0 aliphatic carbocycles. The zero-order valence-electron chi connectivity index (χ0n) is 9.29. The van der Waals surface area contributed by atoms with Crippen LogP contribution < -0.4 is 16.2 Å². The summed E-state index contributed by atoms with van der Waals surface area (Å²) in [6, 6.07) is 6.21. The Bertz CT molecular complexity index is 328. The normalized spacial score (nSPS) is 17.5. The minimum atomic E-state index is 0.869. The van der Waals surface area contributed by atoms with Gasteiger partial charge < -0.3 is 10.7 Å². The van der Waals surface area contributed by atoms with Gasteiger partial charge in [0, 0.05) is 18.8 Å². The van der Waals surface area contributed by atoms with E-state index in [0.717, 1.165) is 24.3 Å². The molecule has 0 radical (unpaired) electrons. The van der Waals surface area contributed by atoms with E-state index in [9.17, 15) is 0 Å². The quantitative estimate of drug-likeness (QED) is 0.690. The second-order valence-corrected chi connectivity index (χ2v) is 4.16. The molecule has 0 saturated carbocycles. The lowest BCUT2D eigenvalue weighted by Gasteiger charge is -2.23. The highest BCUT2D eigenvalue weighted by molar-refractivity contribution is 5.57. The van der Waals surface area contributed by atoms with Crippen molar-refractivity contribution in [1.82, 2.24) is 5.43 Å². The lowest BCUT2D eigenvalue weighted by molar-refractivity contribution is 0.661. The number of nitrogens with one attached hydrogen (secondary N) is 1. The Kier molecular flexibility index (Phi) is 3.11. The maximum atomic E-state index is 5.81. The van der Waals surface area contributed by atoms with Crippen LogP contribution in [0.25, 0.3) is 0 Å². The molecule has 1 aliphatic heterocycles. The first kappa shape index (κ1) is 10.3. The van der Waals surface area contributed by atoms with Gasteiger partial charge in [-0.25, -0.2) is 5.43 Å². The van der Waals surface area contributed by atoms with Gasteiger partial charge in [-0.1, -0.05) is 6.42 Å². The van der Waals surface area contributed by atoms with E-state index in [4.69, 9.17) is 5.73 Å². The molecule has 3 N–H and O–H groups in total. The predicted molar refractivity (Wildman–Crippen MR) is 64.8 cm³/mol. The van der Waals surface area contributed by atoms with Gasteiger partial charge in [-0.15, -0.1) is 0 Å². The number of rotatable bonds is 1. The summed E-state index contributed by atoms with van der Waals surface area (Å²) >= 11 is 0. The van der Waals surface area contributed by atoms with E-state index in [0.29, 0.717) is 0 Å². The fourth-order valence-electron chi connectivity index (χ4n) is 1.91. The summed E-state index contributed by atoms with van der Waals surface area (Å²) in [5.74, 6) is 0. The highest BCUT2D eigenvalue weighted by Gasteiger charge is 2.09. The van der Waals surface area contributed by atoms with E-state index >= 15 is 0 Å². The average molecular weight is 205 g/mol. The van der Waals surface area contributed by atoms with Crippen LogP contribution in [0.5, 0.6) is 0 Å². The molecular formula is C12H19N3. The Hall–Kier alpha value is -1.22. The predicted octanol–water partition coefficient (Wildman–Crippen LogP) is 2.07. The molecule has 0 aromatic heterocycles. The molecule has 3 heteroatoms. The fraction of sp³-hybridized carbons (Fsp3) is 0.500. The van der Waals surface area contributed by atoms with Gasteiger partial charge in [0.2, 0.25) is 0 Å². The van der Waals surface area contributed by atoms with Gasteiger partial charge >= 0.3 is 0 Å². The first-order chi connectivity index (χ1) is 7.27. The van der Waals surface area contributed by atoms with Gasteiger partial charge in [0.15, 0.2) is 0 Å². The Morgan fingerprint density at radius 1 is 1.27 bits per heavy atom. The number of hydrazine groups is 1. The van der Waals surface area contributed by atoms with Crippen molar-refractivity contribution in [3.05, 3.63) is 23.8 Å². The van der Waals surface area contributed by atoms with E-state index < -0.39 is 0 Å². The standard InChI is InChI=1S/C12H19N3/c1-10-9-11(5-6-12(10)13)15-8-4-2-3-7-14-15/h5-6,9,14H,2-4,7-8,13H2,1H3. The second kappa shape index (κ2) is 4.53. The number of hydrogen-bond donors (Lipinski definition) is 2. The first-order valence-corrected chi connectivity index (χ1v) is 5.64. The molecule has 1 fully saturated rings. The van der Waals surface area contributed by atoms with Crippen LogP contribution in [0.2, 0.25) is 0 Å². The fourth-order valence-corrected chi connectivity index (χ4v) is 1.91. The highest BCUT2D eigenvalue weighted by Crippen LogP contribution is 2.20. The third-order valence-electron chi connectivity index (χ3n) is 2.93. The third kappa shape index (κ3) is 2.42. The van der Waals surface area contributed by atoms with Crippen LogP contribution in [-0.2, 0) is 0 Å². The van der Waals surface area contributed by atoms with Crippen molar-refractivity contribution in [1.29, 1.82) is 0 Å². The van der Waals surface area contributed by atoms with Crippen LogP contribution in [0.3, 0.4) is 0 Å². The summed E-state index contributed by atoms with van der Waals surface area (Å²) in [4.78, 5) is 0. The van der Waals surface area contributed by atoms with Crippen molar-refractivity contribution in [3.63, 3.8) is 0 Å². The highest BCUT2D eigenvalue weighted by atomic mass is 15.5. The van der Waals surface area contributed by atoms with Crippen LogP contribution in [-0.4, -0.2) is 13.1 Å². The van der Waals surface area contributed by atoms with Crippen molar-refractivity contribution in [2.75, 3.05) is 23.8 Å². The van der Waals surface area contributed by atoms with Crippen LogP contribution >= 0.6 is 0 Å². The summed E-state index contributed by atoms with van der Waals surface area (Å²) in [5.41, 5.74) is 12.5. The molecular weight excluding hydrogens is 186 g/mol. The first-order valence-electron chi connectivity index (χ1n) is 5.64. The maximum absolute atomic E-state index is 5.81. The minimum absolute atomic E-state index is 0.869. The van der Waals surface area contributed by atoms with Crippen molar-refractivity contribution in [3.8, 4) is 0 Å². The average Bonchev–Trinajstić information content (AvgIpc) is 2.50.